The van der Waals surface area contributed by atoms with Gasteiger partial charge in [-0.2, -0.15) is 4.99 Å². The lowest BCUT2D eigenvalue weighted by atomic mass is 10.2. The number of rotatable bonds is 2. The third-order valence-corrected chi connectivity index (χ3v) is 3.06. The quantitative estimate of drug-likeness (QED) is 0.614. The molecule has 0 aromatic heterocycles. The zero-order valence-electron chi connectivity index (χ0n) is 13.2. The summed E-state index contributed by atoms with van der Waals surface area (Å²) in [5, 5.41) is 2.63. The molecule has 0 spiro atoms. The van der Waals surface area contributed by atoms with Crippen LogP contribution in [-0.4, -0.2) is 11.9 Å². The summed E-state index contributed by atoms with van der Waals surface area (Å²) in [5.41, 5.74) is 7.19. The summed E-state index contributed by atoms with van der Waals surface area (Å²) in [4.78, 5) is 15.4. The van der Waals surface area contributed by atoms with Crippen LogP contribution >= 0.6 is 11.6 Å². The van der Waals surface area contributed by atoms with E-state index < -0.39 is 11.8 Å². The average Bonchev–Trinajstić information content (AvgIpc) is 2.51. The van der Waals surface area contributed by atoms with Gasteiger partial charge in [-0.1, -0.05) is 49.2 Å². The van der Waals surface area contributed by atoms with Crippen LogP contribution in [0.3, 0.4) is 0 Å². The lowest BCUT2D eigenvalue weighted by Crippen LogP contribution is -2.20. The van der Waals surface area contributed by atoms with Crippen LogP contribution in [0.1, 0.15) is 25.0 Å². The van der Waals surface area contributed by atoms with Gasteiger partial charge in [0.15, 0.2) is 0 Å². The van der Waals surface area contributed by atoms with Crippen LogP contribution in [0.15, 0.2) is 47.5 Å². The number of nitrogens with zero attached hydrogens (tertiary/aromatic N) is 1. The first-order valence-electron chi connectivity index (χ1n) is 7.13. The number of aryl methyl sites for hydroxylation is 1. The van der Waals surface area contributed by atoms with E-state index >= 15 is 0 Å². The fraction of sp³-hybridized carbons (Fsp3) is 0.176. The van der Waals surface area contributed by atoms with Gasteiger partial charge in [-0.05, 0) is 31.2 Å². The Morgan fingerprint density at radius 2 is 1.78 bits per heavy atom. The zero-order valence-corrected chi connectivity index (χ0v) is 14.0. The van der Waals surface area contributed by atoms with Crippen LogP contribution in [-0.2, 0) is 0 Å². The van der Waals surface area contributed by atoms with Crippen LogP contribution in [0, 0.1) is 12.7 Å². The number of anilines is 1. The number of urea groups is 1. The number of benzene rings is 2. The van der Waals surface area contributed by atoms with E-state index in [0.29, 0.717) is 5.69 Å². The predicted octanol–water partition coefficient (Wildman–Crippen LogP) is 4.75. The molecule has 3 N–H and O–H groups in total. The van der Waals surface area contributed by atoms with E-state index in [2.05, 4.69) is 10.3 Å². The minimum Gasteiger partial charge on any atom is -0.383 e. The topological polar surface area (TPSA) is 67.5 Å². The molecule has 122 valence electrons. The molecular formula is C17H19ClFN3O. The second-order valence-corrected chi connectivity index (χ2v) is 4.80. The van der Waals surface area contributed by atoms with Crippen molar-refractivity contribution in [2.45, 2.75) is 20.8 Å². The molecule has 2 rings (SSSR count). The van der Waals surface area contributed by atoms with Crippen molar-refractivity contribution in [1.82, 2.24) is 0 Å². The van der Waals surface area contributed by atoms with Crippen molar-refractivity contribution >= 4 is 29.2 Å². The van der Waals surface area contributed by atoms with E-state index in [1.54, 1.807) is 12.1 Å². The van der Waals surface area contributed by atoms with Gasteiger partial charge >= 0.3 is 6.03 Å². The van der Waals surface area contributed by atoms with Gasteiger partial charge < -0.3 is 11.1 Å². The van der Waals surface area contributed by atoms with Crippen molar-refractivity contribution < 1.29 is 9.18 Å². The Morgan fingerprint density at radius 3 is 2.35 bits per heavy atom. The van der Waals surface area contributed by atoms with Crippen LogP contribution in [0.5, 0.6) is 0 Å². The highest BCUT2D eigenvalue weighted by atomic mass is 35.5. The maximum atomic E-state index is 13.6. The number of carbonyl (C=O) groups excluding carboxylic acids is 1. The van der Waals surface area contributed by atoms with Crippen molar-refractivity contribution in [2.75, 3.05) is 5.32 Å². The summed E-state index contributed by atoms with van der Waals surface area (Å²) < 4.78 is 13.6. The lowest BCUT2D eigenvalue weighted by Gasteiger charge is -2.06. The van der Waals surface area contributed by atoms with Crippen LogP contribution in [0.2, 0.25) is 5.02 Å². The number of hydrogen-bond acceptors (Lipinski definition) is 1. The predicted molar refractivity (Wildman–Crippen MR) is 93.7 cm³/mol. The number of amidine groups is 1. The lowest BCUT2D eigenvalue weighted by molar-refractivity contribution is 0.259. The van der Waals surface area contributed by atoms with Crippen molar-refractivity contribution in [3.05, 3.63) is 64.4 Å². The van der Waals surface area contributed by atoms with Gasteiger partial charge in [-0.25, -0.2) is 9.18 Å². The summed E-state index contributed by atoms with van der Waals surface area (Å²) >= 11 is 5.85. The summed E-state index contributed by atoms with van der Waals surface area (Å²) in [7, 11) is 0. The Bertz CT molecular complexity index is 679. The Balaban J connectivity index is 0.00000127. The van der Waals surface area contributed by atoms with Crippen molar-refractivity contribution in [2.24, 2.45) is 10.7 Å². The molecule has 0 fully saturated rings. The average molecular weight is 336 g/mol. The normalized spacial score (nSPS) is 10.6. The molecule has 0 aliphatic rings. The van der Waals surface area contributed by atoms with E-state index in [0.717, 1.165) is 5.56 Å². The molecule has 0 bridgehead atoms. The minimum absolute atomic E-state index is 0.0850. The maximum absolute atomic E-state index is 13.6. The van der Waals surface area contributed by atoms with E-state index in [4.69, 9.17) is 17.3 Å². The first-order chi connectivity index (χ1) is 11.0. The number of nitrogens with two attached hydrogens (primary N) is 1. The van der Waals surface area contributed by atoms with E-state index in [9.17, 15) is 9.18 Å². The maximum Gasteiger partial charge on any atom is 0.347 e. The highest BCUT2D eigenvalue weighted by Gasteiger charge is 2.12. The molecule has 0 unspecified atom stereocenters. The summed E-state index contributed by atoms with van der Waals surface area (Å²) in [6, 6.07) is 10.6. The van der Waals surface area contributed by atoms with Gasteiger partial charge in [0.05, 0.1) is 10.6 Å². The SMILES string of the molecule is CC.Cc1ccc(NC(=O)/N=C(\N)c2c(F)cccc2Cl)cc1. The van der Waals surface area contributed by atoms with E-state index in [1.807, 2.05) is 32.9 Å². The van der Waals surface area contributed by atoms with Gasteiger partial charge in [0, 0.05) is 5.69 Å². The third-order valence-electron chi connectivity index (χ3n) is 2.74. The van der Waals surface area contributed by atoms with Crippen LogP contribution in [0.25, 0.3) is 0 Å². The fourth-order valence-corrected chi connectivity index (χ4v) is 1.96. The highest BCUT2D eigenvalue weighted by molar-refractivity contribution is 6.34. The molecule has 23 heavy (non-hydrogen) atoms. The van der Waals surface area contributed by atoms with Gasteiger partial charge in [-0.15, -0.1) is 0 Å². The number of carbonyl (C=O) groups is 1. The molecule has 0 aliphatic heterocycles. The van der Waals surface area contributed by atoms with Crippen LogP contribution in [0.4, 0.5) is 14.9 Å². The molecule has 0 heterocycles. The number of nitrogens with one attached hydrogen (secondary N) is 1. The Hall–Kier alpha value is -2.40. The van der Waals surface area contributed by atoms with Gasteiger partial charge in [0.2, 0.25) is 0 Å². The fourth-order valence-electron chi connectivity index (χ4n) is 1.70. The first kappa shape index (κ1) is 18.6. The van der Waals surface area contributed by atoms with Gasteiger partial charge in [0.1, 0.15) is 11.7 Å². The minimum atomic E-state index is -0.698. The molecule has 2 amide bonds. The van der Waals surface area contributed by atoms with Crippen molar-refractivity contribution in [3.63, 3.8) is 0 Å². The molecule has 0 saturated heterocycles. The standard InChI is InChI=1S/C15H13ClFN3O.C2H6/c1-9-5-7-10(8-6-9)19-15(21)20-14(18)13-11(16)3-2-4-12(13)17;1-2/h2-8H,1H3,(H3,18,19,20,21);1-2H3. The number of halogens is 2. The molecule has 6 heteroatoms. The molecule has 0 atom stereocenters. The van der Waals surface area contributed by atoms with Gasteiger partial charge in [0.25, 0.3) is 0 Å². The third kappa shape index (κ3) is 5.38. The monoisotopic (exact) mass is 335 g/mol. The number of hydrogen-bond donors (Lipinski definition) is 2. The zero-order chi connectivity index (χ0) is 17.4. The molecular weight excluding hydrogens is 317 g/mol. The summed E-state index contributed by atoms with van der Waals surface area (Å²) in [5.74, 6) is -0.908. The van der Waals surface area contributed by atoms with Crippen LogP contribution < -0.4 is 11.1 Å². The summed E-state index contributed by atoms with van der Waals surface area (Å²) in [6.45, 7) is 5.93. The molecule has 0 radical (unpaired) electrons. The molecule has 2 aromatic rings. The Kier molecular flexibility index (Phi) is 7.22. The Labute approximate surface area is 140 Å². The highest BCUT2D eigenvalue weighted by Crippen LogP contribution is 2.18. The van der Waals surface area contributed by atoms with Crippen molar-refractivity contribution in [1.29, 1.82) is 0 Å². The molecule has 2 aromatic carbocycles. The second-order valence-electron chi connectivity index (χ2n) is 4.39. The molecule has 4 nitrogen and oxygen atoms in total. The largest absolute Gasteiger partial charge is 0.383 e. The van der Waals surface area contributed by atoms with Crippen molar-refractivity contribution in [3.8, 4) is 0 Å². The number of amides is 2. The first-order valence-corrected chi connectivity index (χ1v) is 7.51. The van der Waals surface area contributed by atoms with Gasteiger partial charge in [-0.3, -0.25) is 0 Å². The number of aliphatic imine (C=N–C) groups is 1. The summed E-state index contributed by atoms with van der Waals surface area (Å²) in [6.07, 6.45) is 0. The molecule has 0 aliphatic carbocycles. The van der Waals surface area contributed by atoms with E-state index in [1.165, 1.54) is 18.2 Å². The molecule has 0 saturated carbocycles. The second kappa shape index (κ2) is 8.90. The smallest absolute Gasteiger partial charge is 0.347 e. The van der Waals surface area contributed by atoms with E-state index in [-0.39, 0.29) is 16.4 Å². The Morgan fingerprint density at radius 1 is 1.17 bits per heavy atom.